The molecule has 41 heavy (non-hydrogen) atoms. The van der Waals surface area contributed by atoms with Crippen molar-refractivity contribution in [2.24, 2.45) is 0 Å². The average Bonchev–Trinajstić information content (AvgIpc) is 3.44. The SMILES string of the molecule is COC(=O)C1=C(C)NC(C)=C(c2nc(CN3CCN(c4ccccc4OC)CC3)ns2)C1c1cccc([N+](=O)[O-])c1. The number of non-ortho nitro benzene ring substituents is 1. The van der Waals surface area contributed by atoms with Crippen molar-refractivity contribution in [2.75, 3.05) is 45.3 Å². The quantitative estimate of drug-likeness (QED) is 0.235. The fraction of sp³-hybridized carbons (Fsp3) is 0.345. The number of ether oxygens (including phenoxy) is 2. The Kier molecular flexibility index (Phi) is 8.31. The van der Waals surface area contributed by atoms with Gasteiger partial charge in [0.25, 0.3) is 5.69 Å². The first-order chi connectivity index (χ1) is 19.8. The summed E-state index contributed by atoms with van der Waals surface area (Å²) < 4.78 is 15.3. The van der Waals surface area contributed by atoms with Crippen LogP contribution in [0, 0.1) is 10.1 Å². The lowest BCUT2D eigenvalue weighted by atomic mass is 9.80. The van der Waals surface area contributed by atoms with Gasteiger partial charge in [-0.1, -0.05) is 24.3 Å². The molecule has 0 saturated carbocycles. The number of para-hydroxylation sites is 2. The van der Waals surface area contributed by atoms with Gasteiger partial charge in [0.2, 0.25) is 0 Å². The van der Waals surface area contributed by atoms with Crippen molar-refractivity contribution in [3.05, 3.63) is 92.0 Å². The van der Waals surface area contributed by atoms with E-state index in [-0.39, 0.29) is 5.69 Å². The van der Waals surface area contributed by atoms with Gasteiger partial charge in [-0.2, -0.15) is 4.37 Å². The molecule has 3 aromatic rings. The monoisotopic (exact) mass is 576 g/mol. The van der Waals surface area contributed by atoms with E-state index in [2.05, 4.69) is 25.6 Å². The van der Waals surface area contributed by atoms with Crippen molar-refractivity contribution in [1.29, 1.82) is 0 Å². The van der Waals surface area contributed by atoms with Crippen molar-refractivity contribution in [2.45, 2.75) is 26.3 Å². The summed E-state index contributed by atoms with van der Waals surface area (Å²) in [5, 5.41) is 15.5. The number of hydrogen-bond acceptors (Lipinski definition) is 11. The Morgan fingerprint density at radius 3 is 2.56 bits per heavy atom. The Labute approximate surface area is 242 Å². The highest BCUT2D eigenvalue weighted by molar-refractivity contribution is 7.06. The zero-order chi connectivity index (χ0) is 29.1. The Morgan fingerprint density at radius 1 is 1.10 bits per heavy atom. The van der Waals surface area contributed by atoms with Gasteiger partial charge < -0.3 is 19.7 Å². The van der Waals surface area contributed by atoms with Gasteiger partial charge in [-0.05, 0) is 43.1 Å². The standard InChI is InChI=1S/C29H32N6O5S/c1-18-25(27(26(19(2)30-18)29(36)40-4)20-8-7-9-21(16-20)35(37)38)28-31-24(32-41-28)17-33-12-14-34(15-13-33)22-10-5-6-11-23(22)39-3/h5-11,16,27,30H,12-15,17H2,1-4H3. The summed E-state index contributed by atoms with van der Waals surface area (Å²) >= 11 is 1.26. The van der Waals surface area contributed by atoms with Crippen LogP contribution in [0.3, 0.4) is 0 Å². The number of methoxy groups -OCH3 is 2. The van der Waals surface area contributed by atoms with Crippen LogP contribution in [0.1, 0.15) is 36.2 Å². The maximum Gasteiger partial charge on any atom is 0.336 e. The number of carbonyl (C=O) groups excluding carboxylic acids is 1. The summed E-state index contributed by atoms with van der Waals surface area (Å²) in [5.41, 5.74) is 4.23. The molecule has 0 bridgehead atoms. The molecule has 214 valence electrons. The predicted octanol–water partition coefficient (Wildman–Crippen LogP) is 4.34. The number of hydrogen-bond donors (Lipinski definition) is 1. The van der Waals surface area contributed by atoms with Crippen LogP contribution >= 0.6 is 11.5 Å². The van der Waals surface area contributed by atoms with Gasteiger partial charge in [0.05, 0.1) is 36.9 Å². The molecule has 1 aromatic heterocycles. The van der Waals surface area contributed by atoms with Gasteiger partial charge in [-0.15, -0.1) is 0 Å². The second-order valence-electron chi connectivity index (χ2n) is 9.93. The number of piperazine rings is 1. The number of allylic oxidation sites excluding steroid dienone is 3. The summed E-state index contributed by atoms with van der Waals surface area (Å²) in [6, 6.07) is 14.4. The van der Waals surface area contributed by atoms with E-state index in [0.29, 0.717) is 34.2 Å². The van der Waals surface area contributed by atoms with E-state index >= 15 is 0 Å². The van der Waals surface area contributed by atoms with Crippen LogP contribution in [-0.2, 0) is 16.1 Å². The number of esters is 1. The zero-order valence-corrected chi connectivity index (χ0v) is 24.2. The average molecular weight is 577 g/mol. The van der Waals surface area contributed by atoms with Crippen LogP contribution in [0.25, 0.3) is 5.57 Å². The van der Waals surface area contributed by atoms with Crippen LogP contribution in [0.5, 0.6) is 5.75 Å². The van der Waals surface area contributed by atoms with Gasteiger partial charge in [-0.3, -0.25) is 15.0 Å². The molecule has 1 N–H and O–H groups in total. The number of carbonyl (C=O) groups is 1. The molecule has 0 amide bonds. The molecule has 5 rings (SSSR count). The Hall–Kier alpha value is -4.29. The molecule has 1 saturated heterocycles. The first-order valence-electron chi connectivity index (χ1n) is 13.2. The van der Waals surface area contributed by atoms with Crippen molar-refractivity contribution in [3.63, 3.8) is 0 Å². The van der Waals surface area contributed by atoms with E-state index < -0.39 is 16.8 Å². The highest BCUT2D eigenvalue weighted by Crippen LogP contribution is 2.44. The van der Waals surface area contributed by atoms with Crippen LogP contribution in [0.15, 0.2) is 65.5 Å². The van der Waals surface area contributed by atoms with Crippen molar-refractivity contribution < 1.29 is 19.2 Å². The van der Waals surface area contributed by atoms with E-state index in [1.807, 2.05) is 25.1 Å². The number of aromatic nitrogens is 2. The summed E-state index contributed by atoms with van der Waals surface area (Å²) in [4.78, 5) is 33.6. The second kappa shape index (κ2) is 12.1. The van der Waals surface area contributed by atoms with Gasteiger partial charge in [0, 0.05) is 61.2 Å². The third-order valence-corrected chi connectivity index (χ3v) is 8.23. The summed E-state index contributed by atoms with van der Waals surface area (Å²) in [6.07, 6.45) is 0. The summed E-state index contributed by atoms with van der Waals surface area (Å²) in [7, 11) is 3.02. The highest BCUT2D eigenvalue weighted by atomic mass is 32.1. The van der Waals surface area contributed by atoms with E-state index in [0.717, 1.165) is 48.9 Å². The number of benzene rings is 2. The Bertz CT molecular complexity index is 1530. The van der Waals surface area contributed by atoms with E-state index in [9.17, 15) is 14.9 Å². The number of nitrogens with zero attached hydrogens (tertiary/aromatic N) is 5. The molecule has 11 nitrogen and oxygen atoms in total. The third-order valence-electron chi connectivity index (χ3n) is 7.44. The lowest BCUT2D eigenvalue weighted by Gasteiger charge is -2.36. The summed E-state index contributed by atoms with van der Waals surface area (Å²) in [5.74, 6) is 0.452. The Balaban J connectivity index is 1.39. The number of nitro benzene ring substituents is 1. The van der Waals surface area contributed by atoms with E-state index in [1.165, 1.54) is 30.8 Å². The molecule has 3 heterocycles. The minimum absolute atomic E-state index is 0.0508. The maximum atomic E-state index is 13.0. The molecular weight excluding hydrogens is 544 g/mol. The predicted molar refractivity (Wildman–Crippen MR) is 157 cm³/mol. The fourth-order valence-corrected chi connectivity index (χ4v) is 6.28. The summed E-state index contributed by atoms with van der Waals surface area (Å²) in [6.45, 7) is 7.71. The maximum absolute atomic E-state index is 13.0. The molecule has 2 aliphatic rings. The second-order valence-corrected chi connectivity index (χ2v) is 10.7. The smallest absolute Gasteiger partial charge is 0.336 e. The molecule has 1 unspecified atom stereocenters. The fourth-order valence-electron chi connectivity index (χ4n) is 5.47. The van der Waals surface area contributed by atoms with Gasteiger partial charge in [0.15, 0.2) is 5.82 Å². The number of nitrogens with one attached hydrogen (secondary N) is 1. The van der Waals surface area contributed by atoms with Crippen molar-refractivity contribution >= 4 is 34.4 Å². The van der Waals surface area contributed by atoms with Gasteiger partial charge >= 0.3 is 5.97 Å². The van der Waals surface area contributed by atoms with Crippen LogP contribution < -0.4 is 15.0 Å². The molecule has 1 fully saturated rings. The van der Waals surface area contributed by atoms with Crippen molar-refractivity contribution in [1.82, 2.24) is 19.6 Å². The molecule has 0 radical (unpaired) electrons. The number of nitro groups is 1. The molecule has 1 atom stereocenters. The molecular formula is C29H32N6O5S. The molecule has 2 aromatic carbocycles. The minimum Gasteiger partial charge on any atom is -0.495 e. The lowest BCUT2D eigenvalue weighted by molar-refractivity contribution is -0.384. The van der Waals surface area contributed by atoms with Crippen LogP contribution in [-0.4, -0.2) is 65.5 Å². The number of anilines is 1. The number of rotatable bonds is 8. The van der Waals surface area contributed by atoms with Crippen LogP contribution in [0.2, 0.25) is 0 Å². The first kappa shape index (κ1) is 28.2. The topological polar surface area (TPSA) is 123 Å². The van der Waals surface area contributed by atoms with Crippen molar-refractivity contribution in [3.8, 4) is 5.75 Å². The minimum atomic E-state index is -0.603. The van der Waals surface area contributed by atoms with Gasteiger partial charge in [0.1, 0.15) is 10.8 Å². The Morgan fingerprint density at radius 2 is 1.85 bits per heavy atom. The number of dihydropyridines is 1. The van der Waals surface area contributed by atoms with Gasteiger partial charge in [-0.25, -0.2) is 9.78 Å². The highest BCUT2D eigenvalue weighted by Gasteiger charge is 2.36. The largest absolute Gasteiger partial charge is 0.495 e. The molecule has 0 aliphatic carbocycles. The molecule has 2 aliphatic heterocycles. The molecule has 12 heteroatoms. The third kappa shape index (κ3) is 5.79. The molecule has 0 spiro atoms. The normalized spacial score (nSPS) is 17.9. The zero-order valence-electron chi connectivity index (χ0n) is 23.4. The van der Waals surface area contributed by atoms with E-state index in [4.69, 9.17) is 14.5 Å². The van der Waals surface area contributed by atoms with E-state index in [1.54, 1.807) is 26.2 Å². The first-order valence-corrected chi connectivity index (χ1v) is 14.0. The van der Waals surface area contributed by atoms with Crippen LogP contribution in [0.4, 0.5) is 11.4 Å². The lowest BCUT2D eigenvalue weighted by Crippen LogP contribution is -2.46.